The Morgan fingerprint density at radius 2 is 1.38 bits per heavy atom. The van der Waals surface area contributed by atoms with E-state index >= 15 is 0 Å². The number of nitrogens with zero attached hydrogens (tertiary/aromatic N) is 3. The molecule has 130 valence electrons. The summed E-state index contributed by atoms with van der Waals surface area (Å²) < 4.78 is 0. The molecule has 3 rings (SSSR count). The molecular weight excluding hydrogens is 322 g/mol. The Morgan fingerprint density at radius 1 is 0.808 bits per heavy atom. The molecule has 0 saturated carbocycles. The van der Waals surface area contributed by atoms with Gasteiger partial charge in [-0.2, -0.15) is 5.26 Å². The van der Waals surface area contributed by atoms with Crippen molar-refractivity contribution >= 4 is 23.0 Å². The Balaban J connectivity index is 1.87. The molecule has 2 aromatic carbocycles. The second kappa shape index (κ2) is 7.24. The van der Waals surface area contributed by atoms with E-state index in [4.69, 9.17) is 5.26 Å². The van der Waals surface area contributed by atoms with E-state index in [1.165, 1.54) is 16.7 Å². The number of aromatic nitrogens is 2. The van der Waals surface area contributed by atoms with Crippen LogP contribution in [0, 0.1) is 39.0 Å². The monoisotopic (exact) mass is 343 g/mol. The zero-order chi connectivity index (χ0) is 18.7. The van der Waals surface area contributed by atoms with Gasteiger partial charge in [0.25, 0.3) is 0 Å². The van der Waals surface area contributed by atoms with Crippen LogP contribution in [0.25, 0.3) is 0 Å². The van der Waals surface area contributed by atoms with E-state index in [9.17, 15) is 0 Å². The third-order valence-electron chi connectivity index (χ3n) is 4.05. The first-order valence-corrected chi connectivity index (χ1v) is 8.42. The predicted molar refractivity (Wildman–Crippen MR) is 105 cm³/mol. The molecule has 0 radical (unpaired) electrons. The molecule has 0 saturated heterocycles. The molecule has 0 amide bonds. The summed E-state index contributed by atoms with van der Waals surface area (Å²) in [4.78, 5) is 8.94. The summed E-state index contributed by atoms with van der Waals surface area (Å²) in [6, 6.07) is 15.6. The molecule has 0 fully saturated rings. The second-order valence-electron chi connectivity index (χ2n) is 6.40. The van der Waals surface area contributed by atoms with Crippen LogP contribution < -0.4 is 10.6 Å². The van der Waals surface area contributed by atoms with Gasteiger partial charge < -0.3 is 10.6 Å². The van der Waals surface area contributed by atoms with E-state index < -0.39 is 0 Å². The number of aryl methyl sites for hydroxylation is 4. The molecule has 0 unspecified atom stereocenters. The highest BCUT2D eigenvalue weighted by atomic mass is 15.1. The maximum absolute atomic E-state index is 8.89. The van der Waals surface area contributed by atoms with Gasteiger partial charge in [0.2, 0.25) is 0 Å². The van der Waals surface area contributed by atoms with Crippen LogP contribution in [0.2, 0.25) is 0 Å². The molecule has 5 nitrogen and oxygen atoms in total. The lowest BCUT2D eigenvalue weighted by molar-refractivity contribution is 1.06. The molecule has 0 bridgehead atoms. The topological polar surface area (TPSA) is 73.6 Å². The van der Waals surface area contributed by atoms with Gasteiger partial charge in [-0.05, 0) is 63.1 Å². The summed E-state index contributed by atoms with van der Waals surface area (Å²) in [5.41, 5.74) is 6.17. The van der Waals surface area contributed by atoms with E-state index in [2.05, 4.69) is 59.6 Å². The quantitative estimate of drug-likeness (QED) is 0.692. The lowest BCUT2D eigenvalue weighted by Gasteiger charge is -2.15. The Labute approximate surface area is 153 Å². The van der Waals surface area contributed by atoms with Crippen LogP contribution in [0.5, 0.6) is 0 Å². The summed E-state index contributed by atoms with van der Waals surface area (Å²) in [6.45, 7) is 8.14. The van der Waals surface area contributed by atoms with Gasteiger partial charge in [-0.3, -0.25) is 0 Å². The highest BCUT2D eigenvalue weighted by Crippen LogP contribution is 2.26. The smallest absolute Gasteiger partial charge is 0.136 e. The van der Waals surface area contributed by atoms with Crippen molar-refractivity contribution in [3.63, 3.8) is 0 Å². The van der Waals surface area contributed by atoms with Gasteiger partial charge in [-0.1, -0.05) is 17.7 Å². The SMILES string of the molecule is Cc1cc(C)c(Nc2cc(Nc3ccc(C#N)cc3)nc(C)n2)c(C)c1. The van der Waals surface area contributed by atoms with Gasteiger partial charge in [0.15, 0.2) is 0 Å². The van der Waals surface area contributed by atoms with Crippen molar-refractivity contribution in [2.24, 2.45) is 0 Å². The van der Waals surface area contributed by atoms with Crippen molar-refractivity contribution in [1.29, 1.82) is 5.26 Å². The zero-order valence-electron chi connectivity index (χ0n) is 15.4. The van der Waals surface area contributed by atoms with E-state index in [0.717, 1.165) is 17.2 Å². The average molecular weight is 343 g/mol. The molecule has 0 atom stereocenters. The van der Waals surface area contributed by atoms with Gasteiger partial charge in [-0.15, -0.1) is 0 Å². The van der Waals surface area contributed by atoms with Crippen LogP contribution >= 0.6 is 0 Å². The minimum Gasteiger partial charge on any atom is -0.340 e. The van der Waals surface area contributed by atoms with Crippen LogP contribution in [0.3, 0.4) is 0 Å². The standard InChI is InChI=1S/C21H21N5/c1-13-9-14(2)21(15(3)10-13)26-20-11-19(23-16(4)24-20)25-18-7-5-17(12-22)6-8-18/h5-11H,1-4H3,(H2,23,24,25,26). The highest BCUT2D eigenvalue weighted by Gasteiger charge is 2.08. The van der Waals surface area contributed by atoms with E-state index in [0.29, 0.717) is 17.2 Å². The van der Waals surface area contributed by atoms with Crippen LogP contribution in [-0.4, -0.2) is 9.97 Å². The third-order valence-corrected chi connectivity index (χ3v) is 4.05. The minimum atomic E-state index is 0.627. The number of anilines is 4. The third kappa shape index (κ3) is 3.98. The molecule has 1 aromatic heterocycles. The van der Waals surface area contributed by atoms with Gasteiger partial charge in [-0.25, -0.2) is 9.97 Å². The van der Waals surface area contributed by atoms with Crippen molar-refractivity contribution in [3.05, 3.63) is 70.5 Å². The zero-order valence-corrected chi connectivity index (χ0v) is 15.4. The number of hydrogen-bond acceptors (Lipinski definition) is 5. The van der Waals surface area contributed by atoms with E-state index in [1.54, 1.807) is 12.1 Å². The fourth-order valence-corrected chi connectivity index (χ4v) is 2.98. The Bertz CT molecular complexity index is 961. The molecule has 0 aliphatic carbocycles. The Hall–Kier alpha value is -3.39. The van der Waals surface area contributed by atoms with Crippen LogP contribution in [0.15, 0.2) is 42.5 Å². The maximum Gasteiger partial charge on any atom is 0.136 e. The van der Waals surface area contributed by atoms with Crippen molar-refractivity contribution in [2.75, 3.05) is 10.6 Å². The first-order chi connectivity index (χ1) is 12.4. The lowest BCUT2D eigenvalue weighted by atomic mass is 10.1. The molecule has 1 heterocycles. The number of nitriles is 1. The maximum atomic E-state index is 8.89. The van der Waals surface area contributed by atoms with Gasteiger partial charge in [0, 0.05) is 17.4 Å². The van der Waals surface area contributed by atoms with Gasteiger partial charge in [0.1, 0.15) is 17.5 Å². The minimum absolute atomic E-state index is 0.627. The van der Waals surface area contributed by atoms with Crippen molar-refractivity contribution < 1.29 is 0 Å². The summed E-state index contributed by atoms with van der Waals surface area (Å²) >= 11 is 0. The van der Waals surface area contributed by atoms with Crippen molar-refractivity contribution in [3.8, 4) is 6.07 Å². The van der Waals surface area contributed by atoms with Gasteiger partial charge >= 0.3 is 0 Å². The number of hydrogen-bond donors (Lipinski definition) is 2. The fraction of sp³-hybridized carbons (Fsp3) is 0.190. The summed E-state index contributed by atoms with van der Waals surface area (Å²) in [6.07, 6.45) is 0. The normalized spacial score (nSPS) is 10.3. The lowest BCUT2D eigenvalue weighted by Crippen LogP contribution is -2.03. The summed E-state index contributed by atoms with van der Waals surface area (Å²) in [7, 11) is 0. The summed E-state index contributed by atoms with van der Waals surface area (Å²) in [5.74, 6) is 2.12. The molecule has 0 aliphatic rings. The molecule has 0 aliphatic heterocycles. The van der Waals surface area contributed by atoms with Crippen molar-refractivity contribution in [1.82, 2.24) is 9.97 Å². The van der Waals surface area contributed by atoms with E-state index in [1.807, 2.05) is 25.1 Å². The largest absolute Gasteiger partial charge is 0.340 e. The first kappa shape index (κ1) is 17.4. The van der Waals surface area contributed by atoms with Crippen LogP contribution in [0.4, 0.5) is 23.0 Å². The average Bonchev–Trinajstić information content (AvgIpc) is 2.58. The van der Waals surface area contributed by atoms with E-state index in [-0.39, 0.29) is 0 Å². The molecule has 3 aromatic rings. The molecular formula is C21H21N5. The Kier molecular flexibility index (Phi) is 4.85. The molecule has 0 spiro atoms. The number of rotatable bonds is 4. The van der Waals surface area contributed by atoms with Crippen LogP contribution in [-0.2, 0) is 0 Å². The fourth-order valence-electron chi connectivity index (χ4n) is 2.98. The molecule has 5 heteroatoms. The Morgan fingerprint density at radius 3 is 1.96 bits per heavy atom. The highest BCUT2D eigenvalue weighted by molar-refractivity contribution is 5.68. The van der Waals surface area contributed by atoms with Crippen molar-refractivity contribution in [2.45, 2.75) is 27.7 Å². The number of benzene rings is 2. The number of nitrogens with one attached hydrogen (secondary N) is 2. The van der Waals surface area contributed by atoms with Gasteiger partial charge in [0.05, 0.1) is 11.6 Å². The summed E-state index contributed by atoms with van der Waals surface area (Å²) in [5, 5.41) is 15.6. The molecule has 26 heavy (non-hydrogen) atoms. The molecule has 2 N–H and O–H groups in total. The first-order valence-electron chi connectivity index (χ1n) is 8.42. The van der Waals surface area contributed by atoms with Crippen LogP contribution in [0.1, 0.15) is 28.1 Å². The second-order valence-corrected chi connectivity index (χ2v) is 6.40. The predicted octanol–water partition coefficient (Wildman–Crippen LogP) is 5.07.